The Morgan fingerprint density at radius 2 is 1.35 bits per heavy atom. The van der Waals surface area contributed by atoms with Crippen LogP contribution in [0.15, 0.2) is 83.2 Å². The lowest BCUT2D eigenvalue weighted by Gasteiger charge is -2.25. The lowest BCUT2D eigenvalue weighted by atomic mass is 9.90. The van der Waals surface area contributed by atoms with Gasteiger partial charge in [-0.1, -0.05) is 42.5 Å². The van der Waals surface area contributed by atoms with Gasteiger partial charge >= 0.3 is 0 Å². The van der Waals surface area contributed by atoms with Crippen molar-refractivity contribution in [1.82, 2.24) is 0 Å². The molecule has 1 heterocycles. The average molecular weight is 411 g/mol. The summed E-state index contributed by atoms with van der Waals surface area (Å²) in [5.41, 5.74) is 5.94. The van der Waals surface area contributed by atoms with Crippen LogP contribution in [0.3, 0.4) is 0 Å². The number of benzene rings is 2. The van der Waals surface area contributed by atoms with Crippen LogP contribution in [0.2, 0.25) is 0 Å². The summed E-state index contributed by atoms with van der Waals surface area (Å²) in [7, 11) is 0. The quantitative estimate of drug-likeness (QED) is 0.482. The van der Waals surface area contributed by atoms with Gasteiger partial charge in [-0.15, -0.1) is 0 Å². The summed E-state index contributed by atoms with van der Waals surface area (Å²) in [6.45, 7) is 6.10. The van der Waals surface area contributed by atoms with Crippen LogP contribution in [0, 0.1) is 0 Å². The second-order valence-electron chi connectivity index (χ2n) is 8.16. The van der Waals surface area contributed by atoms with Crippen molar-refractivity contribution in [2.75, 3.05) is 22.9 Å². The van der Waals surface area contributed by atoms with Gasteiger partial charge in [-0.05, 0) is 62.5 Å². The van der Waals surface area contributed by atoms with Gasteiger partial charge in [-0.3, -0.25) is 9.59 Å². The number of nitrogens with zero attached hydrogens (tertiary/aromatic N) is 2. The van der Waals surface area contributed by atoms with Crippen molar-refractivity contribution in [3.8, 4) is 0 Å². The lowest BCUT2D eigenvalue weighted by Crippen LogP contribution is -2.28. The fourth-order valence-corrected chi connectivity index (χ4v) is 5.00. The Morgan fingerprint density at radius 3 is 1.90 bits per heavy atom. The third-order valence-corrected chi connectivity index (χ3v) is 6.43. The van der Waals surface area contributed by atoms with E-state index in [0.29, 0.717) is 16.7 Å². The van der Waals surface area contributed by atoms with Gasteiger partial charge in [0.1, 0.15) is 5.82 Å². The normalized spacial score (nSPS) is 17.9. The highest BCUT2D eigenvalue weighted by atomic mass is 16.2. The Hall–Kier alpha value is -3.40. The molecular weight excluding hydrogens is 384 g/mol. The van der Waals surface area contributed by atoms with Gasteiger partial charge < -0.3 is 9.80 Å². The third-order valence-electron chi connectivity index (χ3n) is 6.43. The highest BCUT2D eigenvalue weighted by Crippen LogP contribution is 2.42. The number of allylic oxidation sites excluding steroid dienone is 5. The van der Waals surface area contributed by atoms with Crippen molar-refractivity contribution in [1.29, 1.82) is 0 Å². The van der Waals surface area contributed by atoms with Gasteiger partial charge in [0.15, 0.2) is 11.6 Å². The Kier molecular flexibility index (Phi) is 4.85. The summed E-state index contributed by atoms with van der Waals surface area (Å²) in [6.07, 6.45) is 6.97. The summed E-state index contributed by atoms with van der Waals surface area (Å²) in [6, 6.07) is 15.6. The topological polar surface area (TPSA) is 40.6 Å². The molecule has 2 aromatic carbocycles. The van der Waals surface area contributed by atoms with E-state index in [2.05, 4.69) is 60.1 Å². The smallest absolute Gasteiger partial charge is 0.197 e. The molecule has 4 heteroatoms. The van der Waals surface area contributed by atoms with Crippen LogP contribution in [-0.2, 0) is 0 Å². The van der Waals surface area contributed by atoms with E-state index >= 15 is 0 Å². The van der Waals surface area contributed by atoms with Crippen molar-refractivity contribution in [3.05, 3.63) is 94.4 Å². The monoisotopic (exact) mass is 410 g/mol. The van der Waals surface area contributed by atoms with Gasteiger partial charge in [-0.2, -0.15) is 0 Å². The molecule has 0 saturated heterocycles. The number of Topliss-reactive ketones (excluding diaryl/α,β-unsaturated/α-hetero) is 2. The molecule has 0 saturated carbocycles. The molecule has 2 aromatic rings. The van der Waals surface area contributed by atoms with E-state index in [1.54, 1.807) is 12.1 Å². The van der Waals surface area contributed by atoms with E-state index < -0.39 is 0 Å². The van der Waals surface area contributed by atoms with Crippen LogP contribution in [0.5, 0.6) is 0 Å². The summed E-state index contributed by atoms with van der Waals surface area (Å²) in [4.78, 5) is 30.6. The van der Waals surface area contributed by atoms with E-state index in [1.165, 1.54) is 16.9 Å². The molecule has 5 rings (SSSR count). The molecule has 0 N–H and O–H groups in total. The first-order valence-corrected chi connectivity index (χ1v) is 11.1. The molecule has 0 unspecified atom stereocenters. The zero-order valence-electron chi connectivity index (χ0n) is 18.0. The minimum atomic E-state index is -0.126. The lowest BCUT2D eigenvalue weighted by molar-refractivity contribution is 0.0987. The molecule has 2 aliphatic carbocycles. The summed E-state index contributed by atoms with van der Waals surface area (Å²) in [5, 5.41) is 0. The molecule has 0 radical (unpaired) electrons. The molecule has 1 aliphatic heterocycles. The summed E-state index contributed by atoms with van der Waals surface area (Å²) < 4.78 is 0. The molecule has 3 aliphatic rings. The molecule has 0 atom stereocenters. The van der Waals surface area contributed by atoms with Crippen LogP contribution >= 0.6 is 0 Å². The minimum Gasteiger partial charge on any atom is -0.326 e. The first-order chi connectivity index (χ1) is 15.1. The highest BCUT2D eigenvalue weighted by Gasteiger charge is 2.35. The molecule has 0 spiro atoms. The first-order valence-electron chi connectivity index (χ1n) is 11.1. The molecule has 156 valence electrons. The summed E-state index contributed by atoms with van der Waals surface area (Å²) >= 11 is 0. The Morgan fingerprint density at radius 1 is 0.806 bits per heavy atom. The Labute approximate surface area is 183 Å². The van der Waals surface area contributed by atoms with Crippen LogP contribution < -0.4 is 9.80 Å². The number of rotatable bonds is 3. The van der Waals surface area contributed by atoms with Crippen molar-refractivity contribution >= 4 is 22.9 Å². The number of carbonyl (C=O) groups is 2. The van der Waals surface area contributed by atoms with Gasteiger partial charge in [0, 0.05) is 24.2 Å². The molecule has 4 nitrogen and oxygen atoms in total. The maximum atomic E-state index is 13.0. The zero-order valence-corrected chi connectivity index (χ0v) is 18.0. The second-order valence-corrected chi connectivity index (χ2v) is 8.16. The summed E-state index contributed by atoms with van der Waals surface area (Å²) in [5.74, 6) is 0.912. The minimum absolute atomic E-state index is 0.126. The Balaban J connectivity index is 1.57. The second kappa shape index (κ2) is 7.69. The first kappa shape index (κ1) is 19.6. The Bertz CT molecular complexity index is 1120. The maximum absolute atomic E-state index is 13.0. The van der Waals surface area contributed by atoms with E-state index in [1.807, 2.05) is 12.1 Å². The number of hydrogen-bond donors (Lipinski definition) is 0. The molecule has 0 bridgehead atoms. The van der Waals surface area contributed by atoms with E-state index in [0.717, 1.165) is 43.7 Å². The number of ketones is 2. The van der Waals surface area contributed by atoms with Gasteiger partial charge in [0.2, 0.25) is 0 Å². The largest absolute Gasteiger partial charge is 0.326 e. The average Bonchev–Trinajstić information content (AvgIpc) is 3.24. The molecular formula is C27H26N2O2. The number of fused-ring (bicyclic) bond motifs is 2. The van der Waals surface area contributed by atoms with Crippen LogP contribution in [0.4, 0.5) is 11.4 Å². The molecule has 31 heavy (non-hydrogen) atoms. The van der Waals surface area contributed by atoms with Crippen LogP contribution in [-0.4, -0.2) is 24.7 Å². The van der Waals surface area contributed by atoms with Gasteiger partial charge in [0.05, 0.1) is 16.9 Å². The van der Waals surface area contributed by atoms with Gasteiger partial charge in [-0.25, -0.2) is 0 Å². The van der Waals surface area contributed by atoms with E-state index in [4.69, 9.17) is 0 Å². The standard InChI is InChI=1S/C27H26N2O2/c1-3-28-22-14-7-8-15-23(22)29(4-2)24(28)17-18-10-9-11-19(16-18)25-26(30)20-12-5-6-13-21(20)27(25)31/h5-8,12-17H,3-4,9-11H2,1-2H3. The van der Waals surface area contributed by atoms with Crippen molar-refractivity contribution < 1.29 is 9.59 Å². The number of anilines is 2. The SMILES string of the molecule is CCN1C(=CC2=CC(=C3C(=O)c4ccccc4C3=O)CCC2)N(CC)c2ccccc21. The van der Waals surface area contributed by atoms with E-state index in [-0.39, 0.29) is 11.6 Å². The maximum Gasteiger partial charge on any atom is 0.197 e. The van der Waals surface area contributed by atoms with Crippen LogP contribution in [0.1, 0.15) is 53.8 Å². The van der Waals surface area contributed by atoms with Crippen LogP contribution in [0.25, 0.3) is 0 Å². The van der Waals surface area contributed by atoms with Crippen molar-refractivity contribution in [2.24, 2.45) is 0 Å². The fraction of sp³-hybridized carbons (Fsp3) is 0.259. The fourth-order valence-electron chi connectivity index (χ4n) is 5.00. The molecule has 0 amide bonds. The number of hydrogen-bond acceptors (Lipinski definition) is 4. The van der Waals surface area contributed by atoms with Crippen molar-refractivity contribution in [3.63, 3.8) is 0 Å². The van der Waals surface area contributed by atoms with Crippen molar-refractivity contribution in [2.45, 2.75) is 33.1 Å². The predicted molar refractivity (Wildman–Crippen MR) is 125 cm³/mol. The molecule has 0 fully saturated rings. The number of carbonyl (C=O) groups excluding carboxylic acids is 2. The van der Waals surface area contributed by atoms with Gasteiger partial charge in [0.25, 0.3) is 0 Å². The highest BCUT2D eigenvalue weighted by molar-refractivity contribution is 6.40. The third kappa shape index (κ3) is 3.05. The van der Waals surface area contributed by atoms with E-state index in [9.17, 15) is 9.59 Å². The predicted octanol–water partition coefficient (Wildman–Crippen LogP) is 5.68. The zero-order chi connectivity index (χ0) is 21.5. The molecule has 0 aromatic heterocycles. The number of para-hydroxylation sites is 2.